The number of nitrogens with one attached hydrogen (secondary N) is 1. The van der Waals surface area contributed by atoms with Crippen LogP contribution in [0.3, 0.4) is 0 Å². The summed E-state index contributed by atoms with van der Waals surface area (Å²) in [5.74, 6) is 0.479. The molecule has 0 amide bonds. The van der Waals surface area contributed by atoms with E-state index >= 15 is 0 Å². The molecule has 78 valence electrons. The number of H-pyrrole nitrogens is 1. The van der Waals surface area contributed by atoms with Crippen LogP contribution in [0.5, 0.6) is 0 Å². The summed E-state index contributed by atoms with van der Waals surface area (Å²) in [5.41, 5.74) is 1.83. The van der Waals surface area contributed by atoms with Crippen molar-refractivity contribution >= 4 is 12.2 Å². The van der Waals surface area contributed by atoms with Crippen LogP contribution in [-0.2, 0) is 6.61 Å². The number of pyridine rings is 1. The van der Waals surface area contributed by atoms with E-state index in [0.717, 1.165) is 11.3 Å². The Balaban J connectivity index is 2.62. The van der Waals surface area contributed by atoms with Crippen molar-refractivity contribution in [3.8, 4) is 5.69 Å². The summed E-state index contributed by atoms with van der Waals surface area (Å²) in [7, 11) is 0. The van der Waals surface area contributed by atoms with E-state index in [1.165, 1.54) is 0 Å². The van der Waals surface area contributed by atoms with Gasteiger partial charge in [-0.25, -0.2) is 0 Å². The normalized spacial score (nSPS) is 10.5. The molecule has 0 saturated heterocycles. The van der Waals surface area contributed by atoms with Crippen LogP contribution in [0.2, 0.25) is 0 Å². The van der Waals surface area contributed by atoms with E-state index in [1.807, 2.05) is 13.0 Å². The molecule has 2 N–H and O–H groups in total. The third-order valence-corrected chi connectivity index (χ3v) is 2.28. The molecular formula is C9H10N4OS. The molecular weight excluding hydrogens is 212 g/mol. The van der Waals surface area contributed by atoms with Crippen molar-refractivity contribution in [2.45, 2.75) is 13.5 Å². The molecule has 0 aliphatic heterocycles. The van der Waals surface area contributed by atoms with E-state index < -0.39 is 0 Å². The number of aromatic nitrogens is 4. The van der Waals surface area contributed by atoms with Crippen LogP contribution >= 0.6 is 12.2 Å². The topological polar surface area (TPSA) is 66.7 Å². The fourth-order valence-electron chi connectivity index (χ4n) is 1.36. The zero-order valence-corrected chi connectivity index (χ0v) is 8.95. The van der Waals surface area contributed by atoms with Crippen molar-refractivity contribution in [1.82, 2.24) is 19.7 Å². The molecule has 2 aromatic rings. The van der Waals surface area contributed by atoms with Gasteiger partial charge in [-0.1, -0.05) is 0 Å². The van der Waals surface area contributed by atoms with Gasteiger partial charge in [0.05, 0.1) is 11.9 Å². The predicted molar refractivity (Wildman–Crippen MR) is 57.2 cm³/mol. The van der Waals surface area contributed by atoms with Gasteiger partial charge < -0.3 is 5.11 Å². The summed E-state index contributed by atoms with van der Waals surface area (Å²) >= 11 is 5.07. The Labute approximate surface area is 91.4 Å². The maximum Gasteiger partial charge on any atom is 0.199 e. The maximum absolute atomic E-state index is 9.09. The van der Waals surface area contributed by atoms with Gasteiger partial charge >= 0.3 is 0 Å². The molecule has 0 unspecified atom stereocenters. The molecule has 15 heavy (non-hydrogen) atoms. The lowest BCUT2D eigenvalue weighted by Gasteiger charge is -2.04. The van der Waals surface area contributed by atoms with E-state index in [4.69, 9.17) is 17.3 Å². The number of nitrogens with zero attached hydrogens (tertiary/aromatic N) is 3. The van der Waals surface area contributed by atoms with Gasteiger partial charge in [0, 0.05) is 6.20 Å². The minimum atomic E-state index is -0.166. The van der Waals surface area contributed by atoms with Crippen molar-refractivity contribution in [1.29, 1.82) is 0 Å². The SMILES string of the molecule is Cc1cncc(-n2c(CO)n[nH]c2=S)c1. The van der Waals surface area contributed by atoms with Crippen molar-refractivity contribution in [3.05, 3.63) is 34.6 Å². The molecule has 6 heteroatoms. The number of rotatable bonds is 2. The van der Waals surface area contributed by atoms with Gasteiger partial charge in [0.1, 0.15) is 6.61 Å². The molecule has 2 aromatic heterocycles. The first-order valence-electron chi connectivity index (χ1n) is 4.41. The van der Waals surface area contributed by atoms with Crippen LogP contribution in [-0.4, -0.2) is 24.9 Å². The van der Waals surface area contributed by atoms with E-state index in [2.05, 4.69) is 15.2 Å². The lowest BCUT2D eigenvalue weighted by atomic mass is 10.3. The van der Waals surface area contributed by atoms with Crippen LogP contribution in [0.15, 0.2) is 18.5 Å². The third-order valence-electron chi connectivity index (χ3n) is 2.00. The minimum Gasteiger partial charge on any atom is -0.388 e. The van der Waals surface area contributed by atoms with Crippen LogP contribution in [0.25, 0.3) is 5.69 Å². The molecule has 0 spiro atoms. The smallest absolute Gasteiger partial charge is 0.199 e. The zero-order valence-electron chi connectivity index (χ0n) is 8.14. The lowest BCUT2D eigenvalue weighted by Crippen LogP contribution is -2.02. The fraction of sp³-hybridized carbons (Fsp3) is 0.222. The Kier molecular flexibility index (Phi) is 2.61. The molecule has 0 radical (unpaired) electrons. The van der Waals surface area contributed by atoms with Gasteiger partial charge in [-0.2, -0.15) is 5.10 Å². The number of aliphatic hydroxyl groups is 1. The molecule has 2 rings (SSSR count). The van der Waals surface area contributed by atoms with E-state index in [-0.39, 0.29) is 6.61 Å². The van der Waals surface area contributed by atoms with Crippen LogP contribution in [0.1, 0.15) is 11.4 Å². The molecule has 0 bridgehead atoms. The lowest BCUT2D eigenvalue weighted by molar-refractivity contribution is 0.268. The second kappa shape index (κ2) is 3.92. The highest BCUT2D eigenvalue weighted by Gasteiger charge is 2.06. The van der Waals surface area contributed by atoms with Gasteiger partial charge in [0.25, 0.3) is 0 Å². The molecule has 0 aromatic carbocycles. The zero-order chi connectivity index (χ0) is 10.8. The minimum absolute atomic E-state index is 0.166. The van der Waals surface area contributed by atoms with Crippen LogP contribution in [0, 0.1) is 11.7 Å². The maximum atomic E-state index is 9.09. The monoisotopic (exact) mass is 222 g/mol. The Bertz CT molecular complexity index is 531. The molecule has 0 saturated carbocycles. The van der Waals surface area contributed by atoms with Crippen molar-refractivity contribution in [2.75, 3.05) is 0 Å². The molecule has 0 fully saturated rings. The first-order chi connectivity index (χ1) is 7.22. The summed E-state index contributed by atoms with van der Waals surface area (Å²) < 4.78 is 2.11. The molecule has 0 aliphatic carbocycles. The predicted octanol–water partition coefficient (Wildman–Crippen LogP) is 1.13. The highest BCUT2D eigenvalue weighted by Crippen LogP contribution is 2.11. The number of aryl methyl sites for hydroxylation is 1. The average Bonchev–Trinajstić information content (AvgIpc) is 2.59. The van der Waals surface area contributed by atoms with Gasteiger partial charge in [0.2, 0.25) is 0 Å². The van der Waals surface area contributed by atoms with Gasteiger partial charge in [-0.05, 0) is 30.8 Å². The number of hydrogen-bond acceptors (Lipinski definition) is 4. The second-order valence-electron chi connectivity index (χ2n) is 3.16. The first-order valence-corrected chi connectivity index (χ1v) is 4.82. The summed E-state index contributed by atoms with van der Waals surface area (Å²) in [5, 5.41) is 15.6. The van der Waals surface area contributed by atoms with Crippen molar-refractivity contribution < 1.29 is 5.11 Å². The van der Waals surface area contributed by atoms with Gasteiger partial charge in [0.15, 0.2) is 10.6 Å². The fourth-order valence-corrected chi connectivity index (χ4v) is 1.62. The number of aromatic amines is 1. The van der Waals surface area contributed by atoms with Crippen molar-refractivity contribution in [3.63, 3.8) is 0 Å². The Morgan fingerprint density at radius 2 is 2.33 bits per heavy atom. The standard InChI is InChI=1S/C9H10N4OS/c1-6-2-7(4-10-3-6)13-8(5-14)11-12-9(13)15/h2-4,14H,5H2,1H3,(H,12,15). The Morgan fingerprint density at radius 1 is 1.53 bits per heavy atom. The molecule has 2 heterocycles. The summed E-state index contributed by atoms with van der Waals surface area (Å²) in [6, 6.07) is 1.93. The molecule has 0 atom stereocenters. The van der Waals surface area contributed by atoms with Gasteiger partial charge in [-0.15, -0.1) is 0 Å². The third kappa shape index (κ3) is 1.81. The van der Waals surface area contributed by atoms with Crippen LogP contribution in [0.4, 0.5) is 0 Å². The number of aliphatic hydroxyl groups excluding tert-OH is 1. The largest absolute Gasteiger partial charge is 0.388 e. The summed E-state index contributed by atoms with van der Waals surface area (Å²) in [6.07, 6.45) is 3.43. The van der Waals surface area contributed by atoms with E-state index in [0.29, 0.717) is 10.6 Å². The summed E-state index contributed by atoms with van der Waals surface area (Å²) in [6.45, 7) is 1.78. The molecule has 0 aliphatic rings. The van der Waals surface area contributed by atoms with E-state index in [1.54, 1.807) is 17.0 Å². The summed E-state index contributed by atoms with van der Waals surface area (Å²) in [4.78, 5) is 4.07. The van der Waals surface area contributed by atoms with Crippen LogP contribution < -0.4 is 0 Å². The van der Waals surface area contributed by atoms with E-state index in [9.17, 15) is 0 Å². The highest BCUT2D eigenvalue weighted by atomic mass is 32.1. The highest BCUT2D eigenvalue weighted by molar-refractivity contribution is 7.71. The number of hydrogen-bond donors (Lipinski definition) is 2. The quantitative estimate of drug-likeness (QED) is 0.747. The average molecular weight is 222 g/mol. The Morgan fingerprint density at radius 3 is 3.00 bits per heavy atom. The Hall–Kier alpha value is -1.53. The molecule has 5 nitrogen and oxygen atoms in total. The van der Waals surface area contributed by atoms with Crippen molar-refractivity contribution in [2.24, 2.45) is 0 Å². The second-order valence-corrected chi connectivity index (χ2v) is 3.55. The first kappa shape index (κ1) is 10.0. The van der Waals surface area contributed by atoms with Gasteiger partial charge in [-0.3, -0.25) is 14.6 Å².